The number of benzene rings is 1. The fourth-order valence-electron chi connectivity index (χ4n) is 3.85. The van der Waals surface area contributed by atoms with Gasteiger partial charge in [0.15, 0.2) is 11.5 Å². The van der Waals surface area contributed by atoms with Crippen molar-refractivity contribution in [3.05, 3.63) is 41.7 Å². The Labute approximate surface area is 185 Å². The van der Waals surface area contributed by atoms with E-state index in [0.717, 1.165) is 51.4 Å². The summed E-state index contributed by atoms with van der Waals surface area (Å²) in [6.45, 7) is 9.65. The number of aliphatic hydroxyl groups is 1. The number of rotatable bonds is 11. The summed E-state index contributed by atoms with van der Waals surface area (Å²) >= 11 is 0. The van der Waals surface area contributed by atoms with E-state index in [1.807, 2.05) is 36.3 Å². The molecular weight excluding hydrogens is 394 g/mol. The van der Waals surface area contributed by atoms with Gasteiger partial charge in [0.25, 0.3) is 0 Å². The van der Waals surface area contributed by atoms with Crippen LogP contribution in [-0.4, -0.2) is 95.7 Å². The lowest BCUT2D eigenvalue weighted by Gasteiger charge is -2.33. The van der Waals surface area contributed by atoms with Gasteiger partial charge in [-0.25, -0.2) is 0 Å². The van der Waals surface area contributed by atoms with E-state index in [1.165, 1.54) is 5.56 Å². The van der Waals surface area contributed by atoms with Crippen LogP contribution in [0, 0.1) is 0 Å². The summed E-state index contributed by atoms with van der Waals surface area (Å²) in [7, 11) is 5.71. The van der Waals surface area contributed by atoms with Gasteiger partial charge in [-0.3, -0.25) is 14.5 Å². The second-order valence-corrected chi connectivity index (χ2v) is 8.38. The van der Waals surface area contributed by atoms with Crippen LogP contribution in [0.2, 0.25) is 0 Å². The lowest BCUT2D eigenvalue weighted by molar-refractivity contribution is 0.0497. The predicted molar refractivity (Wildman–Crippen MR) is 121 cm³/mol. The van der Waals surface area contributed by atoms with Gasteiger partial charge in [-0.1, -0.05) is 13.0 Å². The van der Waals surface area contributed by atoms with Crippen LogP contribution < -0.4 is 9.47 Å². The maximum atomic E-state index is 10.5. The summed E-state index contributed by atoms with van der Waals surface area (Å²) in [6.07, 6.45) is 3.43. The van der Waals surface area contributed by atoms with Crippen LogP contribution in [0.15, 0.2) is 30.6 Å². The summed E-state index contributed by atoms with van der Waals surface area (Å²) in [5, 5.41) is 14.7. The number of hydrogen-bond acceptors (Lipinski definition) is 7. The normalized spacial score (nSPS) is 16.6. The van der Waals surface area contributed by atoms with Gasteiger partial charge >= 0.3 is 0 Å². The van der Waals surface area contributed by atoms with E-state index in [-0.39, 0.29) is 6.61 Å². The van der Waals surface area contributed by atoms with E-state index in [4.69, 9.17) is 9.47 Å². The van der Waals surface area contributed by atoms with Gasteiger partial charge in [0, 0.05) is 64.6 Å². The molecule has 0 spiro atoms. The van der Waals surface area contributed by atoms with Gasteiger partial charge in [-0.05, 0) is 31.3 Å². The number of nitrogens with zero attached hydrogens (tertiary/aromatic N) is 5. The second kappa shape index (κ2) is 11.5. The molecule has 3 rings (SSSR count). The third-order valence-electron chi connectivity index (χ3n) is 5.74. The number of ether oxygens (including phenoxy) is 2. The molecule has 1 aromatic heterocycles. The van der Waals surface area contributed by atoms with Gasteiger partial charge < -0.3 is 19.5 Å². The fourth-order valence-corrected chi connectivity index (χ4v) is 3.85. The van der Waals surface area contributed by atoms with E-state index >= 15 is 0 Å². The van der Waals surface area contributed by atoms with Crippen LogP contribution in [0.5, 0.6) is 11.5 Å². The topological polar surface area (TPSA) is 66.2 Å². The van der Waals surface area contributed by atoms with Gasteiger partial charge in [-0.2, -0.15) is 5.10 Å². The van der Waals surface area contributed by atoms with Crippen molar-refractivity contribution in [1.82, 2.24) is 24.5 Å². The number of hydrogen-bond donors (Lipinski definition) is 1. The summed E-state index contributed by atoms with van der Waals surface area (Å²) in [5.41, 5.74) is 2.34. The van der Waals surface area contributed by atoms with Crippen molar-refractivity contribution in [3.63, 3.8) is 0 Å². The Bertz CT molecular complexity index is 804. The number of aromatic nitrogens is 2. The molecule has 1 aliphatic heterocycles. The van der Waals surface area contributed by atoms with Gasteiger partial charge in [0.1, 0.15) is 12.7 Å². The van der Waals surface area contributed by atoms with E-state index in [2.05, 4.69) is 39.8 Å². The zero-order valence-corrected chi connectivity index (χ0v) is 19.3. The van der Waals surface area contributed by atoms with Crippen LogP contribution in [-0.2, 0) is 20.1 Å². The highest BCUT2D eigenvalue weighted by Crippen LogP contribution is 2.29. The van der Waals surface area contributed by atoms with Gasteiger partial charge in [-0.15, -0.1) is 0 Å². The minimum atomic E-state index is -0.533. The highest BCUT2D eigenvalue weighted by Gasteiger charge is 2.18. The highest BCUT2D eigenvalue weighted by molar-refractivity contribution is 5.43. The molecule has 0 saturated carbocycles. The molecule has 8 nitrogen and oxygen atoms in total. The number of aliphatic hydroxyl groups excluding tert-OH is 1. The standard InChI is InChI=1S/C23H37N5O3/c1-5-27(16-20-13-24-26(3)14-20)15-19-6-7-22(30-4)23(12-19)31-18-21(29)17-28-10-8-25(2)9-11-28/h6-7,12-14,21,29H,5,8-11,15-18H2,1-4H3/t21-/m0/s1. The SMILES string of the molecule is CCN(Cc1ccc(OC)c(OC[C@@H](O)CN2CCN(C)CC2)c1)Cc1cnn(C)c1. The number of methoxy groups -OCH3 is 1. The fraction of sp³-hybridized carbons (Fsp3) is 0.609. The molecule has 1 atom stereocenters. The van der Waals surface area contributed by atoms with Crippen molar-refractivity contribution in [1.29, 1.82) is 0 Å². The Morgan fingerprint density at radius 2 is 1.84 bits per heavy atom. The quantitative estimate of drug-likeness (QED) is 0.577. The molecule has 8 heteroatoms. The Balaban J connectivity index is 1.56. The van der Waals surface area contributed by atoms with Crippen LogP contribution >= 0.6 is 0 Å². The summed E-state index contributed by atoms with van der Waals surface area (Å²) in [5.74, 6) is 1.36. The molecule has 1 N–H and O–H groups in total. The molecule has 1 saturated heterocycles. The van der Waals surface area contributed by atoms with Crippen molar-refractivity contribution in [2.45, 2.75) is 26.1 Å². The maximum absolute atomic E-state index is 10.5. The minimum absolute atomic E-state index is 0.249. The van der Waals surface area contributed by atoms with Crippen molar-refractivity contribution < 1.29 is 14.6 Å². The first-order chi connectivity index (χ1) is 15.0. The average molecular weight is 432 g/mol. The van der Waals surface area contributed by atoms with Gasteiger partial charge in [0.05, 0.1) is 13.3 Å². The molecule has 0 bridgehead atoms. The monoisotopic (exact) mass is 431 g/mol. The van der Waals surface area contributed by atoms with E-state index in [9.17, 15) is 5.11 Å². The lowest BCUT2D eigenvalue weighted by Crippen LogP contribution is -2.47. The number of β-amino-alcohol motifs (C(OH)–C–C–N with tert-alkyl or cyclic N) is 1. The zero-order valence-electron chi connectivity index (χ0n) is 19.3. The zero-order chi connectivity index (χ0) is 22.2. The number of likely N-dealkylation sites (N-methyl/N-ethyl adjacent to an activating group) is 1. The molecule has 31 heavy (non-hydrogen) atoms. The summed E-state index contributed by atoms with van der Waals surface area (Å²) < 4.78 is 13.3. The number of piperazine rings is 1. The van der Waals surface area contributed by atoms with Crippen LogP contribution in [0.3, 0.4) is 0 Å². The molecule has 0 amide bonds. The molecule has 1 aromatic carbocycles. The largest absolute Gasteiger partial charge is 0.493 e. The molecule has 0 radical (unpaired) electrons. The smallest absolute Gasteiger partial charge is 0.161 e. The third-order valence-corrected chi connectivity index (χ3v) is 5.74. The van der Waals surface area contributed by atoms with Crippen molar-refractivity contribution in [3.8, 4) is 11.5 Å². The van der Waals surface area contributed by atoms with Crippen LogP contribution in [0.1, 0.15) is 18.1 Å². The Hall–Kier alpha value is -2.13. The third kappa shape index (κ3) is 7.21. The van der Waals surface area contributed by atoms with E-state index in [0.29, 0.717) is 18.0 Å². The number of aryl methyl sites for hydroxylation is 1. The second-order valence-electron chi connectivity index (χ2n) is 8.38. The molecule has 0 aliphatic carbocycles. The Kier molecular flexibility index (Phi) is 8.71. The average Bonchev–Trinajstić information content (AvgIpc) is 3.18. The summed E-state index contributed by atoms with van der Waals surface area (Å²) in [6, 6.07) is 6.03. The van der Waals surface area contributed by atoms with Crippen molar-refractivity contribution in [2.24, 2.45) is 7.05 Å². The lowest BCUT2D eigenvalue weighted by atomic mass is 10.1. The van der Waals surface area contributed by atoms with Crippen LogP contribution in [0.4, 0.5) is 0 Å². The predicted octanol–water partition coefficient (Wildman–Crippen LogP) is 1.44. The first-order valence-corrected chi connectivity index (χ1v) is 11.1. The molecule has 2 aromatic rings. The summed E-state index contributed by atoms with van der Waals surface area (Å²) in [4.78, 5) is 6.95. The molecule has 1 aliphatic rings. The van der Waals surface area contributed by atoms with Crippen molar-refractivity contribution >= 4 is 0 Å². The Morgan fingerprint density at radius 1 is 1.10 bits per heavy atom. The van der Waals surface area contributed by atoms with Crippen molar-refractivity contribution in [2.75, 3.05) is 60.0 Å². The first-order valence-electron chi connectivity index (χ1n) is 11.1. The molecule has 1 fully saturated rings. The minimum Gasteiger partial charge on any atom is -0.493 e. The maximum Gasteiger partial charge on any atom is 0.161 e. The highest BCUT2D eigenvalue weighted by atomic mass is 16.5. The van der Waals surface area contributed by atoms with E-state index < -0.39 is 6.10 Å². The molecule has 2 heterocycles. The van der Waals surface area contributed by atoms with Gasteiger partial charge in [0.2, 0.25) is 0 Å². The van der Waals surface area contributed by atoms with Crippen LogP contribution in [0.25, 0.3) is 0 Å². The van der Waals surface area contributed by atoms with E-state index in [1.54, 1.807) is 7.11 Å². The molecular formula is C23H37N5O3. The Morgan fingerprint density at radius 3 is 2.48 bits per heavy atom. The molecule has 0 unspecified atom stereocenters. The molecule has 172 valence electrons. The first kappa shape index (κ1) is 23.5.